The summed E-state index contributed by atoms with van der Waals surface area (Å²) in [5, 5.41) is 3.47. The summed E-state index contributed by atoms with van der Waals surface area (Å²) in [6, 6.07) is 22.1. The molecule has 0 saturated carbocycles. The highest BCUT2D eigenvalue weighted by atomic mass is 35.5. The number of halogens is 1. The highest BCUT2D eigenvalue weighted by Crippen LogP contribution is 2.22. The summed E-state index contributed by atoms with van der Waals surface area (Å²) >= 11 is 5.93. The molecule has 0 bridgehead atoms. The maximum Gasteiger partial charge on any atom is 0.243 e. The van der Waals surface area contributed by atoms with Crippen LogP contribution < -0.4 is 10.1 Å². The third kappa shape index (κ3) is 6.09. The number of nitrogens with zero attached hydrogens (tertiary/aromatic N) is 1. The second kappa shape index (κ2) is 10.6. The first-order chi connectivity index (χ1) is 15.3. The van der Waals surface area contributed by atoms with E-state index in [1.54, 1.807) is 24.3 Å². The molecule has 0 aliphatic carbocycles. The molecule has 3 aromatic carbocycles. The van der Waals surface area contributed by atoms with Crippen LogP contribution in [0.4, 0.5) is 0 Å². The van der Waals surface area contributed by atoms with Crippen molar-refractivity contribution in [3.63, 3.8) is 0 Å². The van der Waals surface area contributed by atoms with Gasteiger partial charge in [-0.05, 0) is 54.4 Å². The summed E-state index contributed by atoms with van der Waals surface area (Å²) in [5.74, 6) is 0.147. The Morgan fingerprint density at radius 3 is 2.22 bits per heavy atom. The molecule has 0 radical (unpaired) electrons. The second-order valence-corrected chi connectivity index (χ2v) is 9.65. The highest BCUT2D eigenvalue weighted by molar-refractivity contribution is 7.89. The normalized spacial score (nSPS) is 12.4. The Balaban J connectivity index is 1.81. The monoisotopic (exact) mass is 472 g/mol. The van der Waals surface area contributed by atoms with E-state index >= 15 is 0 Å². The number of nitrogens with one attached hydrogen (secondary N) is 1. The number of sulfonamides is 1. The average Bonchev–Trinajstić information content (AvgIpc) is 2.79. The zero-order valence-electron chi connectivity index (χ0n) is 17.9. The molecule has 0 aliphatic rings. The molecular weight excluding hydrogens is 448 g/mol. The predicted octanol–water partition coefficient (Wildman–Crippen LogP) is 4.42. The number of carbonyl (C=O) groups is 1. The van der Waals surface area contributed by atoms with Crippen LogP contribution in [-0.2, 0) is 21.4 Å². The number of rotatable bonds is 9. The lowest BCUT2D eigenvalue weighted by atomic mass is 10.1. The van der Waals surface area contributed by atoms with Gasteiger partial charge in [-0.2, -0.15) is 4.31 Å². The minimum absolute atomic E-state index is 0.0674. The average molecular weight is 473 g/mol. The van der Waals surface area contributed by atoms with Crippen molar-refractivity contribution in [2.45, 2.75) is 24.4 Å². The van der Waals surface area contributed by atoms with E-state index in [4.69, 9.17) is 16.3 Å². The van der Waals surface area contributed by atoms with E-state index in [9.17, 15) is 13.2 Å². The van der Waals surface area contributed by atoms with Crippen molar-refractivity contribution < 1.29 is 17.9 Å². The van der Waals surface area contributed by atoms with Crippen LogP contribution in [0.1, 0.15) is 24.1 Å². The Hall–Kier alpha value is -2.87. The molecule has 0 heterocycles. The third-order valence-electron chi connectivity index (χ3n) is 4.97. The highest BCUT2D eigenvalue weighted by Gasteiger charge is 2.27. The number of hydrogen-bond donors (Lipinski definition) is 1. The molecule has 8 heteroatoms. The van der Waals surface area contributed by atoms with Gasteiger partial charge in [-0.15, -0.1) is 0 Å². The molecule has 0 fully saturated rings. The van der Waals surface area contributed by atoms with Crippen LogP contribution in [0.15, 0.2) is 83.8 Å². The fourth-order valence-electron chi connectivity index (χ4n) is 3.19. The van der Waals surface area contributed by atoms with Crippen molar-refractivity contribution in [3.8, 4) is 5.75 Å². The molecule has 6 nitrogen and oxygen atoms in total. The smallest absolute Gasteiger partial charge is 0.243 e. The predicted molar refractivity (Wildman–Crippen MR) is 125 cm³/mol. The lowest BCUT2D eigenvalue weighted by Crippen LogP contribution is -2.41. The fourth-order valence-corrected chi connectivity index (χ4v) is 4.70. The van der Waals surface area contributed by atoms with Crippen molar-refractivity contribution in [1.82, 2.24) is 9.62 Å². The van der Waals surface area contributed by atoms with Gasteiger partial charge in [0.25, 0.3) is 0 Å². The first-order valence-electron chi connectivity index (χ1n) is 10.0. The zero-order chi connectivity index (χ0) is 23.1. The molecule has 32 heavy (non-hydrogen) atoms. The molecule has 1 amide bonds. The maximum absolute atomic E-state index is 13.4. The lowest BCUT2D eigenvalue weighted by Gasteiger charge is -2.23. The van der Waals surface area contributed by atoms with Crippen LogP contribution in [0.2, 0.25) is 5.02 Å². The van der Waals surface area contributed by atoms with E-state index in [2.05, 4.69) is 5.32 Å². The van der Waals surface area contributed by atoms with Crippen LogP contribution in [0.3, 0.4) is 0 Å². The lowest BCUT2D eigenvalue weighted by molar-refractivity contribution is -0.122. The van der Waals surface area contributed by atoms with E-state index in [1.807, 2.05) is 49.4 Å². The van der Waals surface area contributed by atoms with Crippen LogP contribution in [0, 0.1) is 0 Å². The zero-order valence-corrected chi connectivity index (χ0v) is 19.4. The van der Waals surface area contributed by atoms with Crippen molar-refractivity contribution in [2.75, 3.05) is 13.7 Å². The molecule has 0 aliphatic heterocycles. The van der Waals surface area contributed by atoms with Gasteiger partial charge in [0.05, 0.1) is 24.6 Å². The van der Waals surface area contributed by atoms with Gasteiger partial charge in [0.2, 0.25) is 15.9 Å². The Kier molecular flexibility index (Phi) is 7.90. The maximum atomic E-state index is 13.4. The van der Waals surface area contributed by atoms with Gasteiger partial charge >= 0.3 is 0 Å². The first-order valence-corrected chi connectivity index (χ1v) is 11.8. The first kappa shape index (κ1) is 23.8. The Morgan fingerprint density at radius 1 is 1.00 bits per heavy atom. The molecule has 1 atom stereocenters. The van der Waals surface area contributed by atoms with E-state index < -0.39 is 15.9 Å². The SMILES string of the molecule is COc1ccc(S(=O)(=O)N(CC(=O)N[C@H](C)c2ccc(Cl)cc2)Cc2ccccc2)cc1. The fraction of sp³-hybridized carbons (Fsp3) is 0.208. The summed E-state index contributed by atoms with van der Waals surface area (Å²) in [6.45, 7) is 1.58. The van der Waals surface area contributed by atoms with Gasteiger partial charge in [0.15, 0.2) is 0 Å². The van der Waals surface area contributed by atoms with E-state index in [-0.39, 0.29) is 24.0 Å². The Morgan fingerprint density at radius 2 is 1.62 bits per heavy atom. The number of benzene rings is 3. The van der Waals surface area contributed by atoms with Crippen molar-refractivity contribution in [3.05, 3.63) is 95.0 Å². The van der Waals surface area contributed by atoms with Crippen LogP contribution in [0.25, 0.3) is 0 Å². The van der Waals surface area contributed by atoms with E-state index in [1.165, 1.54) is 23.5 Å². The molecule has 3 rings (SSSR count). The standard InChI is InChI=1S/C24H25ClN2O4S/c1-18(20-8-10-21(25)11-9-20)26-24(28)17-27(16-19-6-4-3-5-7-19)32(29,30)23-14-12-22(31-2)13-15-23/h3-15,18H,16-17H2,1-2H3,(H,26,28)/t18-/m1/s1. The molecule has 168 valence electrons. The van der Waals surface area contributed by atoms with E-state index in [0.717, 1.165) is 11.1 Å². The summed E-state index contributed by atoms with van der Waals surface area (Å²) < 4.78 is 33.0. The van der Waals surface area contributed by atoms with Crippen molar-refractivity contribution in [2.24, 2.45) is 0 Å². The van der Waals surface area contributed by atoms with Gasteiger partial charge in [-0.1, -0.05) is 54.1 Å². The minimum Gasteiger partial charge on any atom is -0.497 e. The Bertz CT molecular complexity index is 1130. The molecule has 0 spiro atoms. The molecular formula is C24H25ClN2O4S. The number of hydrogen-bond acceptors (Lipinski definition) is 4. The summed E-state index contributed by atoms with van der Waals surface area (Å²) in [4.78, 5) is 12.9. The topological polar surface area (TPSA) is 75.7 Å². The van der Waals surface area contributed by atoms with Crippen LogP contribution in [-0.4, -0.2) is 32.3 Å². The molecule has 3 aromatic rings. The molecule has 0 saturated heterocycles. The van der Waals surface area contributed by atoms with Gasteiger partial charge in [0.1, 0.15) is 5.75 Å². The summed E-state index contributed by atoms with van der Waals surface area (Å²) in [7, 11) is -2.41. The summed E-state index contributed by atoms with van der Waals surface area (Å²) in [5.41, 5.74) is 1.65. The van der Waals surface area contributed by atoms with Gasteiger partial charge in [-0.3, -0.25) is 4.79 Å². The van der Waals surface area contributed by atoms with Crippen molar-refractivity contribution in [1.29, 1.82) is 0 Å². The Labute approximate surface area is 193 Å². The minimum atomic E-state index is -3.93. The van der Waals surface area contributed by atoms with Crippen LogP contribution >= 0.6 is 11.6 Å². The number of methoxy groups -OCH3 is 1. The van der Waals surface area contributed by atoms with Gasteiger partial charge in [0, 0.05) is 11.6 Å². The van der Waals surface area contributed by atoms with Crippen molar-refractivity contribution >= 4 is 27.5 Å². The second-order valence-electron chi connectivity index (χ2n) is 7.27. The third-order valence-corrected chi connectivity index (χ3v) is 7.02. The van der Waals surface area contributed by atoms with Gasteiger partial charge < -0.3 is 10.1 Å². The van der Waals surface area contributed by atoms with E-state index in [0.29, 0.717) is 10.8 Å². The van der Waals surface area contributed by atoms with Gasteiger partial charge in [-0.25, -0.2) is 8.42 Å². The quantitative estimate of drug-likeness (QED) is 0.500. The summed E-state index contributed by atoms with van der Waals surface area (Å²) in [6.07, 6.45) is 0. The molecule has 0 aromatic heterocycles. The number of carbonyl (C=O) groups excluding carboxylic acids is 1. The molecule has 0 unspecified atom stereocenters. The molecule has 1 N–H and O–H groups in total. The van der Waals surface area contributed by atoms with Crippen LogP contribution in [0.5, 0.6) is 5.75 Å². The number of ether oxygens (including phenoxy) is 1. The largest absolute Gasteiger partial charge is 0.497 e. The number of amides is 1.